The van der Waals surface area contributed by atoms with Crippen LogP contribution in [0.3, 0.4) is 0 Å². The number of likely N-dealkylation sites (N-methyl/N-ethyl adjacent to an activating group) is 1. The second-order valence-electron chi connectivity index (χ2n) is 9.49. The van der Waals surface area contributed by atoms with E-state index in [1.807, 2.05) is 36.4 Å². The summed E-state index contributed by atoms with van der Waals surface area (Å²) in [5, 5.41) is 6.83. The third kappa shape index (κ3) is 6.99. The van der Waals surface area contributed by atoms with Gasteiger partial charge in [0.2, 0.25) is 11.9 Å². The fourth-order valence-corrected chi connectivity index (χ4v) is 4.43. The molecule has 0 aliphatic carbocycles. The van der Waals surface area contributed by atoms with Gasteiger partial charge in [-0.15, -0.1) is 0 Å². The largest absolute Gasteiger partial charge is 0.494 e. The minimum absolute atomic E-state index is 0.0137. The van der Waals surface area contributed by atoms with Crippen LogP contribution in [0.5, 0.6) is 5.75 Å². The molecule has 0 unspecified atom stereocenters. The summed E-state index contributed by atoms with van der Waals surface area (Å²) in [4.78, 5) is 13.1. The average Bonchev–Trinajstić information content (AvgIpc) is 3.31. The predicted molar refractivity (Wildman–Crippen MR) is 152 cm³/mol. The van der Waals surface area contributed by atoms with Gasteiger partial charge in [0, 0.05) is 14.1 Å². The molecule has 0 bridgehead atoms. The number of aromatic amines is 1. The molecule has 0 saturated carbocycles. The zero-order valence-electron chi connectivity index (χ0n) is 22.5. The Bertz CT molecular complexity index is 1470. The third-order valence-electron chi connectivity index (χ3n) is 6.52. The SMILES string of the molecule is CC/C(=C(/c1ccc(OCCCC/C=C/C(=O)N(C)C)cc1)c1ccc2n[nH]c(F)c2c1)c1ccc(F)cc1. The van der Waals surface area contributed by atoms with E-state index in [2.05, 4.69) is 17.1 Å². The van der Waals surface area contributed by atoms with E-state index in [1.165, 1.54) is 12.1 Å². The molecule has 0 spiro atoms. The Labute approximate surface area is 227 Å². The number of rotatable bonds is 11. The van der Waals surface area contributed by atoms with Gasteiger partial charge in [-0.2, -0.15) is 9.49 Å². The predicted octanol–water partition coefficient (Wildman–Crippen LogP) is 7.40. The first-order valence-electron chi connectivity index (χ1n) is 13.1. The zero-order valence-corrected chi connectivity index (χ0v) is 22.5. The molecule has 0 saturated heterocycles. The van der Waals surface area contributed by atoms with Gasteiger partial charge in [0.05, 0.1) is 17.5 Å². The first-order valence-corrected chi connectivity index (χ1v) is 13.1. The van der Waals surface area contributed by atoms with Crippen LogP contribution >= 0.6 is 0 Å². The van der Waals surface area contributed by atoms with Crippen molar-refractivity contribution in [2.24, 2.45) is 0 Å². The molecule has 3 aromatic carbocycles. The summed E-state index contributed by atoms with van der Waals surface area (Å²) in [6, 6.07) is 19.8. The van der Waals surface area contributed by atoms with Gasteiger partial charge in [0.25, 0.3) is 0 Å². The number of carbonyl (C=O) groups excluding carboxylic acids is 1. The minimum atomic E-state index is -0.477. The summed E-state index contributed by atoms with van der Waals surface area (Å²) in [5.74, 6) is -0.0281. The number of nitrogens with one attached hydrogen (secondary N) is 1. The molecule has 4 rings (SSSR count). The van der Waals surface area contributed by atoms with Crippen LogP contribution in [0.2, 0.25) is 0 Å². The number of benzene rings is 3. The Morgan fingerprint density at radius 2 is 1.64 bits per heavy atom. The summed E-state index contributed by atoms with van der Waals surface area (Å²) >= 11 is 0. The third-order valence-corrected chi connectivity index (χ3v) is 6.52. The number of hydrogen-bond donors (Lipinski definition) is 1. The summed E-state index contributed by atoms with van der Waals surface area (Å²) in [6.07, 6.45) is 6.80. The Morgan fingerprint density at radius 3 is 2.33 bits per heavy atom. The van der Waals surface area contributed by atoms with Gasteiger partial charge in [-0.25, -0.2) is 4.39 Å². The number of halogens is 2. The molecule has 39 heavy (non-hydrogen) atoms. The summed E-state index contributed by atoms with van der Waals surface area (Å²) in [6.45, 7) is 2.63. The molecule has 1 N–H and O–H groups in total. The zero-order chi connectivity index (χ0) is 27.8. The molecule has 0 atom stereocenters. The molecule has 5 nitrogen and oxygen atoms in total. The maximum atomic E-state index is 14.4. The first-order chi connectivity index (χ1) is 18.9. The van der Waals surface area contributed by atoms with E-state index in [9.17, 15) is 13.6 Å². The second-order valence-corrected chi connectivity index (χ2v) is 9.49. The van der Waals surface area contributed by atoms with E-state index in [1.54, 1.807) is 49.3 Å². The minimum Gasteiger partial charge on any atom is -0.494 e. The van der Waals surface area contributed by atoms with Crippen LogP contribution in [0.15, 0.2) is 78.9 Å². The Hall–Kier alpha value is -4.26. The smallest absolute Gasteiger partial charge is 0.245 e. The fourth-order valence-electron chi connectivity index (χ4n) is 4.43. The molecule has 0 radical (unpaired) electrons. The fraction of sp³-hybridized carbons (Fsp3) is 0.250. The number of fused-ring (bicyclic) bond motifs is 1. The van der Waals surface area contributed by atoms with Crippen molar-refractivity contribution in [3.63, 3.8) is 0 Å². The first kappa shape index (κ1) is 27.8. The monoisotopic (exact) mass is 529 g/mol. The molecular formula is C32H33F2N3O2. The highest BCUT2D eigenvalue weighted by molar-refractivity contribution is 6.00. The van der Waals surface area contributed by atoms with Crippen LogP contribution in [-0.4, -0.2) is 41.7 Å². The maximum Gasteiger partial charge on any atom is 0.245 e. The van der Waals surface area contributed by atoms with Crippen molar-refractivity contribution in [1.82, 2.24) is 15.1 Å². The van der Waals surface area contributed by atoms with Gasteiger partial charge in [0.1, 0.15) is 11.6 Å². The van der Waals surface area contributed by atoms with Crippen molar-refractivity contribution < 1.29 is 18.3 Å². The number of H-pyrrole nitrogens is 1. The molecule has 1 aromatic heterocycles. The highest BCUT2D eigenvalue weighted by atomic mass is 19.1. The topological polar surface area (TPSA) is 58.2 Å². The van der Waals surface area contributed by atoms with E-state index in [0.29, 0.717) is 23.9 Å². The highest BCUT2D eigenvalue weighted by Gasteiger charge is 2.16. The number of ether oxygens (including phenoxy) is 1. The highest BCUT2D eigenvalue weighted by Crippen LogP contribution is 2.36. The van der Waals surface area contributed by atoms with Crippen molar-refractivity contribution in [3.8, 4) is 5.75 Å². The number of allylic oxidation sites excluding steroid dienone is 2. The molecule has 0 aliphatic rings. The Balaban J connectivity index is 1.55. The van der Waals surface area contributed by atoms with Crippen LogP contribution in [-0.2, 0) is 4.79 Å². The molecule has 4 aromatic rings. The van der Waals surface area contributed by atoms with Crippen molar-refractivity contribution in [3.05, 3.63) is 107 Å². The van der Waals surface area contributed by atoms with Crippen LogP contribution in [0.1, 0.15) is 49.3 Å². The van der Waals surface area contributed by atoms with Gasteiger partial charge < -0.3 is 9.64 Å². The second kappa shape index (κ2) is 13.0. The van der Waals surface area contributed by atoms with Gasteiger partial charge in [-0.05, 0) is 96.0 Å². The summed E-state index contributed by atoms with van der Waals surface area (Å²) in [5.41, 5.74) is 5.22. The van der Waals surface area contributed by atoms with Gasteiger partial charge in [-0.1, -0.05) is 43.3 Å². The van der Waals surface area contributed by atoms with Crippen LogP contribution < -0.4 is 4.74 Å². The van der Waals surface area contributed by atoms with Crippen molar-refractivity contribution in [1.29, 1.82) is 0 Å². The van der Waals surface area contributed by atoms with Gasteiger partial charge >= 0.3 is 0 Å². The number of carbonyl (C=O) groups is 1. The lowest BCUT2D eigenvalue weighted by Gasteiger charge is -2.17. The van der Waals surface area contributed by atoms with E-state index in [0.717, 1.165) is 52.8 Å². The van der Waals surface area contributed by atoms with Gasteiger partial charge in [-0.3, -0.25) is 9.89 Å². The molecule has 1 heterocycles. The quantitative estimate of drug-likeness (QED) is 0.125. The van der Waals surface area contributed by atoms with Crippen molar-refractivity contribution >= 4 is 28.0 Å². The Kier molecular flexibility index (Phi) is 9.26. The van der Waals surface area contributed by atoms with E-state index in [4.69, 9.17) is 4.74 Å². The van der Waals surface area contributed by atoms with E-state index >= 15 is 0 Å². The van der Waals surface area contributed by atoms with Crippen LogP contribution in [0, 0.1) is 11.8 Å². The number of unbranched alkanes of at least 4 members (excludes halogenated alkanes) is 2. The number of hydrogen-bond acceptors (Lipinski definition) is 3. The van der Waals surface area contributed by atoms with E-state index in [-0.39, 0.29) is 11.7 Å². The lowest BCUT2D eigenvalue weighted by molar-refractivity contribution is -0.123. The molecule has 1 amide bonds. The van der Waals surface area contributed by atoms with Crippen molar-refractivity contribution in [2.45, 2.75) is 32.6 Å². The number of aromatic nitrogens is 2. The lowest BCUT2D eigenvalue weighted by atomic mass is 9.88. The number of amides is 1. The van der Waals surface area contributed by atoms with Crippen LogP contribution in [0.4, 0.5) is 8.78 Å². The molecule has 202 valence electrons. The number of nitrogens with zero attached hydrogens (tertiary/aromatic N) is 2. The average molecular weight is 530 g/mol. The van der Waals surface area contributed by atoms with Crippen molar-refractivity contribution in [2.75, 3.05) is 20.7 Å². The molecule has 0 fully saturated rings. The van der Waals surface area contributed by atoms with E-state index < -0.39 is 5.95 Å². The summed E-state index contributed by atoms with van der Waals surface area (Å²) < 4.78 is 34.0. The van der Waals surface area contributed by atoms with Gasteiger partial charge in [0.15, 0.2) is 0 Å². The molecule has 0 aliphatic heterocycles. The Morgan fingerprint density at radius 1 is 0.949 bits per heavy atom. The standard InChI is InChI=1S/C32H33F2N3O2/c1-4-27(22-10-15-25(33)16-11-22)31(24-14-19-29-28(21-24)32(34)36-35-29)23-12-17-26(18-13-23)39-20-8-6-5-7-9-30(38)37(2)3/h7,9-19,21H,4-6,8,20H2,1-3H3,(H,35,36)/b9-7+,31-27+. The van der Waals surface area contributed by atoms with Crippen LogP contribution in [0.25, 0.3) is 22.0 Å². The summed E-state index contributed by atoms with van der Waals surface area (Å²) in [7, 11) is 3.46. The molecule has 7 heteroatoms. The molecular weight excluding hydrogens is 496 g/mol. The lowest BCUT2D eigenvalue weighted by Crippen LogP contribution is -2.18. The maximum absolute atomic E-state index is 14.4. The normalized spacial score (nSPS) is 12.1.